The molecule has 0 spiro atoms. The van der Waals surface area contributed by atoms with Crippen LogP contribution in [0.25, 0.3) is 71.7 Å². The molecule has 0 saturated carbocycles. The van der Waals surface area contributed by atoms with Crippen molar-refractivity contribution in [2.75, 3.05) is 0 Å². The summed E-state index contributed by atoms with van der Waals surface area (Å²) in [7, 11) is 0. The molecule has 0 fully saturated rings. The van der Waals surface area contributed by atoms with Gasteiger partial charge in [-0.25, -0.2) is 9.97 Å². The summed E-state index contributed by atoms with van der Waals surface area (Å²) in [5.74, 6) is 0.937. The van der Waals surface area contributed by atoms with Crippen LogP contribution >= 0.6 is 0 Å². The van der Waals surface area contributed by atoms with Gasteiger partial charge >= 0.3 is 0 Å². The second-order valence-corrected chi connectivity index (χ2v) is 13.5. The molecular weight excluding hydrogens is 675 g/mol. The van der Waals surface area contributed by atoms with Crippen molar-refractivity contribution in [2.24, 2.45) is 9.98 Å². The fourth-order valence-electron chi connectivity index (χ4n) is 7.59. The summed E-state index contributed by atoms with van der Waals surface area (Å²) in [6.45, 7) is 4.43. The molecule has 0 unspecified atom stereocenters. The summed E-state index contributed by atoms with van der Waals surface area (Å²) < 4.78 is 9.00. The van der Waals surface area contributed by atoms with E-state index in [1.54, 1.807) is 0 Å². The number of furan rings is 1. The third-order valence-corrected chi connectivity index (χ3v) is 10.2. The zero-order valence-corrected chi connectivity index (χ0v) is 29.8. The van der Waals surface area contributed by atoms with Gasteiger partial charge in [-0.2, -0.15) is 0 Å². The highest BCUT2D eigenvalue weighted by atomic mass is 16.3. The number of rotatable bonds is 8. The third-order valence-electron chi connectivity index (χ3n) is 10.2. The van der Waals surface area contributed by atoms with E-state index in [9.17, 15) is 0 Å². The highest BCUT2D eigenvalue weighted by molar-refractivity contribution is 6.17. The van der Waals surface area contributed by atoms with E-state index in [1.165, 1.54) is 16.3 Å². The van der Waals surface area contributed by atoms with Crippen LogP contribution < -0.4 is 0 Å². The van der Waals surface area contributed by atoms with Crippen LogP contribution in [0, 0.1) is 0 Å². The van der Waals surface area contributed by atoms with Crippen LogP contribution in [0.5, 0.6) is 0 Å². The molecule has 0 aliphatic carbocycles. The number of hydrogen-bond acceptors (Lipinski definition) is 5. The van der Waals surface area contributed by atoms with Crippen LogP contribution in [0.15, 0.2) is 190 Å². The van der Waals surface area contributed by atoms with Crippen molar-refractivity contribution in [3.05, 3.63) is 193 Å². The Labute approximate surface area is 317 Å². The fourth-order valence-corrected chi connectivity index (χ4v) is 7.59. The van der Waals surface area contributed by atoms with Crippen LogP contribution in [0.4, 0.5) is 5.69 Å². The highest BCUT2D eigenvalue weighted by Gasteiger charge is 2.24. The summed E-state index contributed by atoms with van der Waals surface area (Å²) in [5, 5.41) is 4.18. The predicted molar refractivity (Wildman–Crippen MR) is 226 cm³/mol. The molecule has 0 amide bonds. The first kappa shape index (κ1) is 32.2. The van der Waals surface area contributed by atoms with E-state index in [2.05, 4.69) is 125 Å². The number of fused-ring (bicyclic) bond motifs is 5. The number of aromatic nitrogens is 3. The van der Waals surface area contributed by atoms with Gasteiger partial charge in [0.1, 0.15) is 17.0 Å². The van der Waals surface area contributed by atoms with E-state index in [0.717, 1.165) is 55.4 Å². The Kier molecular flexibility index (Phi) is 7.92. The summed E-state index contributed by atoms with van der Waals surface area (Å²) in [5.41, 5.74) is 11.1. The molecule has 0 N–H and O–H groups in total. The lowest BCUT2D eigenvalue weighted by Crippen LogP contribution is -2.10. The van der Waals surface area contributed by atoms with Crippen molar-refractivity contribution in [2.45, 2.75) is 6.54 Å². The Hall–Kier alpha value is -7.44. The van der Waals surface area contributed by atoms with E-state index < -0.39 is 0 Å². The second-order valence-electron chi connectivity index (χ2n) is 13.5. The Morgan fingerprint density at radius 2 is 1.20 bits per heavy atom. The number of aliphatic imine (C=N–C) groups is 2. The summed E-state index contributed by atoms with van der Waals surface area (Å²) >= 11 is 0. The second kappa shape index (κ2) is 13.5. The first-order valence-corrected chi connectivity index (χ1v) is 18.3. The van der Waals surface area contributed by atoms with E-state index in [0.29, 0.717) is 35.1 Å². The van der Waals surface area contributed by atoms with Crippen molar-refractivity contribution in [1.82, 2.24) is 14.5 Å². The molecule has 260 valence electrons. The van der Waals surface area contributed by atoms with E-state index in [4.69, 9.17) is 19.4 Å². The zero-order chi connectivity index (χ0) is 36.7. The van der Waals surface area contributed by atoms with Crippen LogP contribution in [0.2, 0.25) is 0 Å². The minimum absolute atomic E-state index is 0.405. The smallest absolute Gasteiger partial charge is 0.182 e. The van der Waals surface area contributed by atoms with Gasteiger partial charge in [-0.15, -0.1) is 0 Å². The molecule has 7 aromatic carbocycles. The van der Waals surface area contributed by atoms with Crippen LogP contribution in [0.1, 0.15) is 17.1 Å². The maximum atomic E-state index is 6.68. The minimum atomic E-state index is 0.405. The van der Waals surface area contributed by atoms with Gasteiger partial charge in [-0.05, 0) is 71.9 Å². The Morgan fingerprint density at radius 3 is 1.98 bits per heavy atom. The quantitative estimate of drug-likeness (QED) is 0.148. The monoisotopic (exact) mass is 707 g/mol. The SMILES string of the molecule is C=Nc1c(C(=NCc2ccccc2)c2nc(-c3ccccc3)c3ccccc3n2)oc2ccc(-c3ccc4c(c3)c3ccccc3n4-c3ccccc3)cc12. The maximum Gasteiger partial charge on any atom is 0.182 e. The molecule has 6 nitrogen and oxygen atoms in total. The third kappa shape index (κ3) is 5.68. The fraction of sp³-hybridized carbons (Fsp3) is 0.0204. The van der Waals surface area contributed by atoms with Gasteiger partial charge in [0.25, 0.3) is 0 Å². The number of para-hydroxylation sites is 3. The molecule has 0 bridgehead atoms. The standard InChI is InChI=1S/C49H33N5O/c1-50-46-40-30-35(34-25-27-43-39(29-34)37-21-12-14-24-42(37)54(43)36-19-9-4-10-20-36)26-28-44(40)55-48(46)47(51-31-32-15-5-2-6-16-32)49-52-41-23-13-11-22-38(41)45(53-49)33-17-7-3-8-18-33/h2-30H,1,31H2. The molecule has 3 aromatic heterocycles. The first-order chi connectivity index (χ1) is 27.2. The summed E-state index contributed by atoms with van der Waals surface area (Å²) in [4.78, 5) is 20.0. The molecule has 10 aromatic rings. The van der Waals surface area contributed by atoms with Crippen molar-refractivity contribution >= 4 is 61.8 Å². The molecule has 6 heteroatoms. The molecule has 0 aliphatic rings. The highest BCUT2D eigenvalue weighted by Crippen LogP contribution is 2.40. The summed E-state index contributed by atoms with van der Waals surface area (Å²) in [6.07, 6.45) is 0. The lowest BCUT2D eigenvalue weighted by atomic mass is 10.0. The van der Waals surface area contributed by atoms with E-state index >= 15 is 0 Å². The van der Waals surface area contributed by atoms with Crippen LogP contribution in [-0.2, 0) is 6.54 Å². The Balaban J connectivity index is 1.14. The average Bonchev–Trinajstić information content (AvgIpc) is 3.79. The van der Waals surface area contributed by atoms with Gasteiger partial charge in [0.2, 0.25) is 0 Å². The number of nitrogens with zero attached hydrogens (tertiary/aromatic N) is 5. The van der Waals surface area contributed by atoms with Gasteiger partial charge in [0, 0.05) is 32.8 Å². The first-order valence-electron chi connectivity index (χ1n) is 18.3. The normalized spacial score (nSPS) is 11.9. The zero-order valence-electron chi connectivity index (χ0n) is 29.8. The molecule has 3 heterocycles. The molecular formula is C49H33N5O. The van der Waals surface area contributed by atoms with Crippen molar-refractivity contribution in [1.29, 1.82) is 0 Å². The van der Waals surface area contributed by atoms with E-state index in [-0.39, 0.29) is 0 Å². The summed E-state index contributed by atoms with van der Waals surface area (Å²) in [6, 6.07) is 60.4. The topological polar surface area (TPSA) is 68.6 Å². The Morgan fingerprint density at radius 1 is 0.564 bits per heavy atom. The lowest BCUT2D eigenvalue weighted by molar-refractivity contribution is 0.604. The van der Waals surface area contributed by atoms with Crippen molar-refractivity contribution < 1.29 is 4.42 Å². The van der Waals surface area contributed by atoms with Gasteiger partial charge in [0.05, 0.1) is 28.8 Å². The van der Waals surface area contributed by atoms with Crippen LogP contribution in [0.3, 0.4) is 0 Å². The molecule has 0 aliphatic heterocycles. The van der Waals surface area contributed by atoms with Gasteiger partial charge in [0.15, 0.2) is 11.6 Å². The van der Waals surface area contributed by atoms with Crippen molar-refractivity contribution in [3.8, 4) is 28.1 Å². The van der Waals surface area contributed by atoms with E-state index in [1.807, 2.05) is 66.7 Å². The minimum Gasteiger partial charge on any atom is -0.452 e. The van der Waals surface area contributed by atoms with Crippen LogP contribution in [-0.4, -0.2) is 27.0 Å². The Bertz CT molecular complexity index is 3070. The number of hydrogen-bond donors (Lipinski definition) is 0. The number of benzene rings is 7. The van der Waals surface area contributed by atoms with Gasteiger partial charge in [-0.1, -0.05) is 127 Å². The molecule has 10 rings (SSSR count). The molecule has 0 atom stereocenters. The maximum absolute atomic E-state index is 6.68. The predicted octanol–water partition coefficient (Wildman–Crippen LogP) is 12.2. The van der Waals surface area contributed by atoms with Gasteiger partial charge < -0.3 is 8.98 Å². The molecule has 0 saturated heterocycles. The largest absolute Gasteiger partial charge is 0.452 e. The molecule has 55 heavy (non-hydrogen) atoms. The molecule has 0 radical (unpaired) electrons. The van der Waals surface area contributed by atoms with Gasteiger partial charge in [-0.3, -0.25) is 9.98 Å². The average molecular weight is 708 g/mol. The van der Waals surface area contributed by atoms with Crippen molar-refractivity contribution in [3.63, 3.8) is 0 Å². The lowest BCUT2D eigenvalue weighted by Gasteiger charge is -2.11.